The van der Waals surface area contributed by atoms with Crippen LogP contribution in [0.4, 0.5) is 4.79 Å². The lowest BCUT2D eigenvalue weighted by Crippen LogP contribution is -2.49. The molecule has 0 aromatic rings. The maximum atomic E-state index is 12.2. The molecule has 1 spiro atoms. The summed E-state index contributed by atoms with van der Waals surface area (Å²) in [6.45, 7) is 8.47. The van der Waals surface area contributed by atoms with Gasteiger partial charge >= 0.3 is 12.1 Å². The van der Waals surface area contributed by atoms with Crippen LogP contribution in [0.2, 0.25) is 0 Å². The van der Waals surface area contributed by atoms with Gasteiger partial charge in [0.2, 0.25) is 0 Å². The minimum Gasteiger partial charge on any atom is -0.467 e. The second kappa shape index (κ2) is 9.54. The van der Waals surface area contributed by atoms with Crippen molar-refractivity contribution < 1.29 is 28.5 Å². The van der Waals surface area contributed by atoms with Crippen LogP contribution < -0.4 is 5.32 Å². The van der Waals surface area contributed by atoms with Gasteiger partial charge in [-0.1, -0.05) is 31.4 Å². The molecular weight excluding hydrogens is 338 g/mol. The first-order valence-corrected chi connectivity index (χ1v) is 8.76. The molecule has 2 rings (SSSR count). The second-order valence-electron chi connectivity index (χ2n) is 6.35. The Bertz CT molecular complexity index is 554. The number of rotatable bonds is 7. The fourth-order valence-electron chi connectivity index (χ4n) is 3.34. The summed E-state index contributed by atoms with van der Waals surface area (Å²) in [5.41, 5.74) is 0.708. The molecule has 1 aliphatic carbocycles. The molecule has 1 saturated heterocycles. The van der Waals surface area contributed by atoms with Crippen molar-refractivity contribution in [1.29, 1.82) is 0 Å². The largest absolute Gasteiger partial charge is 0.467 e. The molecule has 1 N–H and O–H groups in total. The molecule has 1 aliphatic heterocycles. The van der Waals surface area contributed by atoms with Crippen LogP contribution in [0.25, 0.3) is 0 Å². The molecule has 1 amide bonds. The Hall–Kier alpha value is -2.12. The van der Waals surface area contributed by atoms with Crippen molar-refractivity contribution in [1.82, 2.24) is 5.32 Å². The molecule has 1 unspecified atom stereocenters. The van der Waals surface area contributed by atoms with Crippen LogP contribution in [0.15, 0.2) is 37.0 Å². The molecule has 2 fully saturated rings. The molecule has 7 heteroatoms. The fourth-order valence-corrected chi connectivity index (χ4v) is 3.34. The van der Waals surface area contributed by atoms with E-state index in [1.165, 1.54) is 7.11 Å². The van der Waals surface area contributed by atoms with E-state index < -0.39 is 23.9 Å². The zero-order chi connectivity index (χ0) is 19.0. The molecule has 7 nitrogen and oxygen atoms in total. The average Bonchev–Trinajstić information content (AvgIpc) is 3.11. The van der Waals surface area contributed by atoms with E-state index in [-0.39, 0.29) is 12.5 Å². The third-order valence-corrected chi connectivity index (χ3v) is 4.77. The maximum absolute atomic E-state index is 12.2. The van der Waals surface area contributed by atoms with Crippen LogP contribution in [0.1, 0.15) is 25.7 Å². The Kier molecular flexibility index (Phi) is 7.41. The predicted octanol–water partition coefficient (Wildman–Crippen LogP) is 2.49. The molecule has 0 radical (unpaired) electrons. The number of carbonyl (C=O) groups is 2. The lowest BCUT2D eigenvalue weighted by Gasteiger charge is -2.37. The first-order chi connectivity index (χ1) is 12.5. The molecule has 0 bridgehead atoms. The maximum Gasteiger partial charge on any atom is 0.408 e. The summed E-state index contributed by atoms with van der Waals surface area (Å²) in [5.74, 6) is -1.07. The number of allylic oxidation sites excluding steroid dienone is 2. The molecule has 26 heavy (non-hydrogen) atoms. The lowest BCUT2D eigenvalue weighted by atomic mass is 9.80. The molecule has 2 aliphatic rings. The number of carbonyl (C=O) groups excluding carboxylic acids is 2. The summed E-state index contributed by atoms with van der Waals surface area (Å²) < 4.78 is 21.4. The topological polar surface area (TPSA) is 83.1 Å². The zero-order valence-electron chi connectivity index (χ0n) is 15.2. The first-order valence-electron chi connectivity index (χ1n) is 8.76. The van der Waals surface area contributed by atoms with Gasteiger partial charge in [0.1, 0.15) is 12.6 Å². The van der Waals surface area contributed by atoms with Gasteiger partial charge in [-0.2, -0.15) is 0 Å². The number of methoxy groups -OCH3 is 1. The van der Waals surface area contributed by atoms with Crippen molar-refractivity contribution in [2.75, 3.05) is 26.9 Å². The van der Waals surface area contributed by atoms with Crippen LogP contribution in [-0.2, 0) is 23.7 Å². The number of hydrogen-bond donors (Lipinski definition) is 1. The van der Waals surface area contributed by atoms with Gasteiger partial charge in [-0.05, 0) is 24.3 Å². The van der Waals surface area contributed by atoms with Crippen LogP contribution >= 0.6 is 0 Å². The predicted molar refractivity (Wildman–Crippen MR) is 95.4 cm³/mol. The zero-order valence-corrected chi connectivity index (χ0v) is 15.2. The van der Waals surface area contributed by atoms with E-state index in [4.69, 9.17) is 18.9 Å². The first kappa shape index (κ1) is 20.2. The van der Waals surface area contributed by atoms with E-state index in [1.54, 1.807) is 18.2 Å². The van der Waals surface area contributed by atoms with Crippen molar-refractivity contribution in [2.45, 2.75) is 37.5 Å². The molecule has 144 valence electrons. The Labute approximate surface area is 154 Å². The fraction of sp³-hybridized carbons (Fsp3) is 0.579. The highest BCUT2D eigenvalue weighted by molar-refractivity contribution is 5.81. The summed E-state index contributed by atoms with van der Waals surface area (Å²) in [6, 6.07) is -0.762. The van der Waals surface area contributed by atoms with Crippen molar-refractivity contribution in [3.8, 4) is 0 Å². The summed E-state index contributed by atoms with van der Waals surface area (Å²) in [5, 5.41) is 2.63. The van der Waals surface area contributed by atoms with Gasteiger partial charge < -0.3 is 24.3 Å². The van der Waals surface area contributed by atoms with Crippen molar-refractivity contribution in [3.63, 3.8) is 0 Å². The number of ether oxygens (including phenoxy) is 4. The SMILES string of the molecule is C=C/C=C(\C=C)COC(=O)NC(C(=O)OC)C1CCC2(CC1)OCCO2. The van der Waals surface area contributed by atoms with Crippen molar-refractivity contribution in [2.24, 2.45) is 5.92 Å². The number of nitrogens with one attached hydrogen (secondary N) is 1. The van der Waals surface area contributed by atoms with E-state index in [1.807, 2.05) is 0 Å². The van der Waals surface area contributed by atoms with Crippen LogP contribution in [0.3, 0.4) is 0 Å². The summed E-state index contributed by atoms with van der Waals surface area (Å²) >= 11 is 0. The smallest absolute Gasteiger partial charge is 0.408 e. The monoisotopic (exact) mass is 365 g/mol. The highest BCUT2D eigenvalue weighted by Crippen LogP contribution is 2.39. The van der Waals surface area contributed by atoms with E-state index >= 15 is 0 Å². The second-order valence-corrected chi connectivity index (χ2v) is 6.35. The minimum absolute atomic E-state index is 0.0463. The molecule has 1 atom stereocenters. The van der Waals surface area contributed by atoms with Crippen molar-refractivity contribution in [3.05, 3.63) is 37.0 Å². The van der Waals surface area contributed by atoms with Gasteiger partial charge in [-0.25, -0.2) is 9.59 Å². The van der Waals surface area contributed by atoms with E-state index in [0.29, 0.717) is 44.5 Å². The average molecular weight is 365 g/mol. The third-order valence-electron chi connectivity index (χ3n) is 4.77. The van der Waals surface area contributed by atoms with Crippen molar-refractivity contribution >= 4 is 12.1 Å². The molecule has 1 heterocycles. The van der Waals surface area contributed by atoms with Gasteiger partial charge in [0.15, 0.2) is 5.79 Å². The number of hydrogen-bond acceptors (Lipinski definition) is 6. The quantitative estimate of drug-likeness (QED) is 0.551. The molecule has 1 saturated carbocycles. The summed E-state index contributed by atoms with van der Waals surface area (Å²) in [7, 11) is 1.30. The van der Waals surface area contributed by atoms with E-state index in [9.17, 15) is 9.59 Å². The number of amides is 1. The molecule has 0 aromatic heterocycles. The van der Waals surface area contributed by atoms with Gasteiger partial charge in [-0.15, -0.1) is 0 Å². The molecular formula is C19H27NO6. The lowest BCUT2D eigenvalue weighted by molar-refractivity contribution is -0.185. The van der Waals surface area contributed by atoms with Gasteiger partial charge in [-0.3, -0.25) is 0 Å². The standard InChI is InChI=1S/C19H27NO6/c1-4-6-14(5-2)13-24-18(22)20-16(17(21)23-3)15-7-9-19(10-8-15)25-11-12-26-19/h4-6,15-16H,1-2,7-13H2,3H3,(H,20,22)/b14-6+. The number of esters is 1. The van der Waals surface area contributed by atoms with E-state index in [2.05, 4.69) is 18.5 Å². The Morgan fingerprint density at radius 2 is 1.92 bits per heavy atom. The van der Waals surface area contributed by atoms with Gasteiger partial charge in [0.25, 0.3) is 0 Å². The Morgan fingerprint density at radius 3 is 2.46 bits per heavy atom. The normalized spacial score (nSPS) is 21.0. The van der Waals surface area contributed by atoms with Gasteiger partial charge in [0.05, 0.1) is 20.3 Å². The highest BCUT2D eigenvalue weighted by Gasteiger charge is 2.44. The minimum atomic E-state index is -0.762. The van der Waals surface area contributed by atoms with E-state index in [0.717, 1.165) is 0 Å². The van der Waals surface area contributed by atoms with Crippen LogP contribution in [0.5, 0.6) is 0 Å². The van der Waals surface area contributed by atoms with Crippen LogP contribution in [0, 0.1) is 5.92 Å². The van der Waals surface area contributed by atoms with Crippen LogP contribution in [-0.4, -0.2) is 50.8 Å². The number of alkyl carbamates (subject to hydrolysis) is 1. The highest BCUT2D eigenvalue weighted by atomic mass is 16.7. The molecule has 0 aromatic carbocycles. The summed E-state index contributed by atoms with van der Waals surface area (Å²) in [4.78, 5) is 24.3. The summed E-state index contributed by atoms with van der Waals surface area (Å²) in [6.07, 6.45) is 6.93. The third kappa shape index (κ3) is 5.19. The Balaban J connectivity index is 1.92. The Morgan fingerprint density at radius 1 is 1.27 bits per heavy atom. The van der Waals surface area contributed by atoms with Gasteiger partial charge in [0, 0.05) is 12.8 Å².